The van der Waals surface area contributed by atoms with E-state index in [1.807, 2.05) is 0 Å². The van der Waals surface area contributed by atoms with Gasteiger partial charge in [0, 0.05) is 11.4 Å². The third kappa shape index (κ3) is 6.41. The van der Waals surface area contributed by atoms with E-state index in [0.29, 0.717) is 42.9 Å². The summed E-state index contributed by atoms with van der Waals surface area (Å²) >= 11 is 0. The van der Waals surface area contributed by atoms with E-state index in [4.69, 9.17) is 20.9 Å². The van der Waals surface area contributed by atoms with Crippen LogP contribution in [0.1, 0.15) is 29.6 Å². The Morgan fingerprint density at radius 3 is 2.42 bits per heavy atom. The third-order valence-electron chi connectivity index (χ3n) is 4.58. The van der Waals surface area contributed by atoms with E-state index < -0.39 is 17.9 Å². The van der Waals surface area contributed by atoms with E-state index in [2.05, 4.69) is 15.8 Å². The molecule has 0 radical (unpaired) electrons. The molecule has 0 aromatic heterocycles. The molecule has 6 N–H and O–H groups in total. The van der Waals surface area contributed by atoms with Gasteiger partial charge in [-0.25, -0.2) is 0 Å². The van der Waals surface area contributed by atoms with E-state index in [-0.39, 0.29) is 17.0 Å². The summed E-state index contributed by atoms with van der Waals surface area (Å²) in [4.78, 5) is 36.7. The Morgan fingerprint density at radius 1 is 1.06 bits per heavy atom. The zero-order valence-corrected chi connectivity index (χ0v) is 17.5. The van der Waals surface area contributed by atoms with Crippen molar-refractivity contribution in [2.24, 2.45) is 10.9 Å². The molecule has 0 fully saturated rings. The molecule has 0 saturated heterocycles. The molecule has 2 rings (SSSR count). The summed E-state index contributed by atoms with van der Waals surface area (Å²) < 4.78 is 10.3. The van der Waals surface area contributed by atoms with Crippen LogP contribution >= 0.6 is 0 Å². The lowest BCUT2D eigenvalue weighted by molar-refractivity contribution is -0.118. The Balaban J connectivity index is 2.21. The quantitative estimate of drug-likeness (QED) is 0.243. The Labute approximate surface area is 180 Å². The lowest BCUT2D eigenvalue weighted by atomic mass is 10.1. The predicted octanol–water partition coefficient (Wildman–Crippen LogP) is 2.55. The number of nitroso groups, excluding NO2 is 1. The SMILES string of the molecule is COc1ccc(NC(=O)[C@H](CCCCN)NC(=O)c2cc(N)ccc2OC)cc1N=O. The first-order chi connectivity index (χ1) is 14.9. The van der Waals surface area contributed by atoms with Gasteiger partial charge in [-0.2, -0.15) is 0 Å². The largest absolute Gasteiger partial charge is 0.496 e. The first-order valence-electron chi connectivity index (χ1n) is 9.70. The van der Waals surface area contributed by atoms with Crippen molar-refractivity contribution in [3.8, 4) is 11.5 Å². The Kier molecular flexibility index (Phi) is 8.77. The number of hydrogen-bond donors (Lipinski definition) is 4. The van der Waals surface area contributed by atoms with Crippen LogP contribution in [0.5, 0.6) is 11.5 Å². The van der Waals surface area contributed by atoms with Crippen molar-refractivity contribution in [3.05, 3.63) is 46.9 Å². The van der Waals surface area contributed by atoms with Gasteiger partial charge in [0.1, 0.15) is 17.5 Å². The maximum atomic E-state index is 12.9. The van der Waals surface area contributed by atoms with Crippen molar-refractivity contribution in [1.29, 1.82) is 0 Å². The van der Waals surface area contributed by atoms with E-state index >= 15 is 0 Å². The molecule has 0 heterocycles. The average Bonchev–Trinajstić information content (AvgIpc) is 2.78. The standard InChI is InChI=1S/C21H27N5O5/c1-30-18-8-6-13(23)11-15(18)20(27)25-16(5-3-4-10-22)21(28)24-14-7-9-19(31-2)17(12-14)26-29/h6-9,11-12,16H,3-5,10,22-23H2,1-2H3,(H,24,28)(H,25,27)/t16-/m0/s1. The van der Waals surface area contributed by atoms with Crippen LogP contribution in [-0.4, -0.2) is 38.6 Å². The monoisotopic (exact) mass is 429 g/mol. The fourth-order valence-electron chi connectivity index (χ4n) is 2.97. The van der Waals surface area contributed by atoms with Crippen molar-refractivity contribution in [3.63, 3.8) is 0 Å². The number of nitrogens with one attached hydrogen (secondary N) is 2. The minimum atomic E-state index is -0.847. The van der Waals surface area contributed by atoms with Crippen LogP contribution < -0.4 is 31.6 Å². The second-order valence-corrected chi connectivity index (χ2v) is 6.74. The maximum Gasteiger partial charge on any atom is 0.255 e. The number of nitrogens with zero attached hydrogens (tertiary/aromatic N) is 1. The minimum Gasteiger partial charge on any atom is -0.496 e. The van der Waals surface area contributed by atoms with Crippen LogP contribution in [0.15, 0.2) is 41.6 Å². The summed E-state index contributed by atoms with van der Waals surface area (Å²) in [5.41, 5.74) is 12.3. The van der Waals surface area contributed by atoms with Gasteiger partial charge in [0.25, 0.3) is 5.91 Å². The van der Waals surface area contributed by atoms with Crippen molar-refractivity contribution in [2.45, 2.75) is 25.3 Å². The molecule has 0 saturated carbocycles. The summed E-state index contributed by atoms with van der Waals surface area (Å²) in [7, 11) is 2.85. The molecule has 0 spiro atoms. The third-order valence-corrected chi connectivity index (χ3v) is 4.58. The van der Waals surface area contributed by atoms with Crippen LogP contribution in [0.4, 0.5) is 17.1 Å². The molecular weight excluding hydrogens is 402 g/mol. The van der Waals surface area contributed by atoms with Crippen molar-refractivity contribution in [1.82, 2.24) is 5.32 Å². The van der Waals surface area contributed by atoms with Gasteiger partial charge in [-0.1, -0.05) is 0 Å². The van der Waals surface area contributed by atoms with E-state index in [9.17, 15) is 14.5 Å². The summed E-state index contributed by atoms with van der Waals surface area (Å²) in [6.07, 6.45) is 1.70. The van der Waals surface area contributed by atoms with E-state index in [0.717, 1.165) is 0 Å². The molecular formula is C21H27N5O5. The van der Waals surface area contributed by atoms with Gasteiger partial charge < -0.3 is 31.6 Å². The highest BCUT2D eigenvalue weighted by Crippen LogP contribution is 2.30. The Bertz CT molecular complexity index is 934. The molecule has 2 amide bonds. The average molecular weight is 429 g/mol. The van der Waals surface area contributed by atoms with Gasteiger partial charge in [-0.3, -0.25) is 9.59 Å². The first-order valence-corrected chi connectivity index (χ1v) is 9.70. The van der Waals surface area contributed by atoms with Gasteiger partial charge in [0.15, 0.2) is 5.69 Å². The van der Waals surface area contributed by atoms with Crippen LogP contribution in [0.25, 0.3) is 0 Å². The van der Waals surface area contributed by atoms with Gasteiger partial charge in [-0.05, 0) is 67.4 Å². The van der Waals surface area contributed by atoms with Gasteiger partial charge in [0.2, 0.25) is 5.91 Å². The van der Waals surface area contributed by atoms with Crippen LogP contribution in [0.2, 0.25) is 0 Å². The molecule has 2 aromatic rings. The number of carbonyl (C=O) groups is 2. The molecule has 10 heteroatoms. The number of nitrogens with two attached hydrogens (primary N) is 2. The second kappa shape index (κ2) is 11.5. The molecule has 0 aliphatic heterocycles. The molecule has 0 bridgehead atoms. The minimum absolute atomic E-state index is 0.0496. The normalized spacial score (nSPS) is 11.3. The lowest BCUT2D eigenvalue weighted by Crippen LogP contribution is -2.44. The van der Waals surface area contributed by atoms with Crippen molar-refractivity contribution < 1.29 is 19.1 Å². The zero-order valence-electron chi connectivity index (χ0n) is 17.5. The smallest absolute Gasteiger partial charge is 0.255 e. The molecule has 0 aliphatic rings. The topological polar surface area (TPSA) is 158 Å². The number of amides is 2. The molecule has 1 atom stereocenters. The summed E-state index contributed by atoms with van der Waals surface area (Å²) in [5, 5.41) is 8.32. The van der Waals surface area contributed by atoms with Crippen LogP contribution in [-0.2, 0) is 4.79 Å². The summed E-state index contributed by atoms with van der Waals surface area (Å²) in [5.74, 6) is -0.323. The Morgan fingerprint density at radius 2 is 1.77 bits per heavy atom. The fourth-order valence-corrected chi connectivity index (χ4v) is 2.97. The lowest BCUT2D eigenvalue weighted by Gasteiger charge is -2.19. The van der Waals surface area contributed by atoms with Gasteiger partial charge in [0.05, 0.1) is 19.8 Å². The Hall–Kier alpha value is -3.66. The maximum absolute atomic E-state index is 12.9. The number of nitrogen functional groups attached to an aromatic ring is 1. The number of benzene rings is 2. The number of methoxy groups -OCH3 is 2. The number of unbranched alkanes of at least 4 members (excludes halogenated alkanes) is 1. The highest BCUT2D eigenvalue weighted by Gasteiger charge is 2.23. The molecule has 31 heavy (non-hydrogen) atoms. The van der Waals surface area contributed by atoms with Crippen LogP contribution in [0, 0.1) is 4.91 Å². The molecule has 0 aliphatic carbocycles. The molecule has 0 unspecified atom stereocenters. The summed E-state index contributed by atoms with van der Waals surface area (Å²) in [6.45, 7) is 0.470. The van der Waals surface area contributed by atoms with Crippen molar-refractivity contribution in [2.75, 3.05) is 31.8 Å². The molecule has 166 valence electrons. The molecule has 10 nitrogen and oxygen atoms in total. The number of carbonyl (C=O) groups excluding carboxylic acids is 2. The highest BCUT2D eigenvalue weighted by atomic mass is 16.5. The molecule has 2 aromatic carbocycles. The van der Waals surface area contributed by atoms with Gasteiger partial charge in [-0.15, -0.1) is 4.91 Å². The van der Waals surface area contributed by atoms with E-state index in [1.54, 1.807) is 18.2 Å². The van der Waals surface area contributed by atoms with E-state index in [1.165, 1.54) is 32.4 Å². The number of rotatable bonds is 11. The van der Waals surface area contributed by atoms with Gasteiger partial charge >= 0.3 is 0 Å². The fraction of sp³-hybridized carbons (Fsp3) is 0.333. The highest BCUT2D eigenvalue weighted by molar-refractivity contribution is 6.03. The van der Waals surface area contributed by atoms with Crippen LogP contribution in [0.3, 0.4) is 0 Å². The second-order valence-electron chi connectivity index (χ2n) is 6.74. The predicted molar refractivity (Wildman–Crippen MR) is 119 cm³/mol. The zero-order chi connectivity index (χ0) is 22.8. The number of ether oxygens (including phenoxy) is 2. The number of anilines is 2. The summed E-state index contributed by atoms with van der Waals surface area (Å²) in [6, 6.07) is 8.32. The van der Waals surface area contributed by atoms with Crippen molar-refractivity contribution >= 4 is 28.9 Å². The first kappa shape index (κ1) is 23.6. The number of hydrogen-bond acceptors (Lipinski definition) is 8.